The normalized spacial score (nSPS) is 15.1. The highest BCUT2D eigenvalue weighted by Gasteiger charge is 2.22. The monoisotopic (exact) mass is 338 g/mol. The molecule has 0 saturated carbocycles. The molecule has 3 rings (SSSR count). The standard InChI is InChI=1S/C20H22N2O3/c1-14-8-10-18(11-9-14)25-15(2)20(24)21-16-5-3-6-17(13-16)22-12-4-7-19(22)23/h3,5-6,8-11,13,15H,4,7,12H2,1-2H3,(H,21,24)/t15-/m1/s1. The van der Waals surface area contributed by atoms with E-state index in [-0.39, 0.29) is 11.8 Å². The van der Waals surface area contributed by atoms with Crippen LogP contribution in [0.25, 0.3) is 0 Å². The van der Waals surface area contributed by atoms with Gasteiger partial charge in [0.2, 0.25) is 5.91 Å². The number of nitrogens with zero attached hydrogens (tertiary/aromatic N) is 1. The maximum atomic E-state index is 12.4. The first-order chi connectivity index (χ1) is 12.0. The number of rotatable bonds is 5. The molecule has 2 aromatic carbocycles. The third-order valence-electron chi connectivity index (χ3n) is 4.20. The molecule has 0 aliphatic carbocycles. The summed E-state index contributed by atoms with van der Waals surface area (Å²) >= 11 is 0. The van der Waals surface area contributed by atoms with E-state index < -0.39 is 6.10 Å². The Morgan fingerprint density at radius 2 is 1.96 bits per heavy atom. The number of amides is 2. The van der Waals surface area contributed by atoms with E-state index in [1.807, 2.05) is 49.4 Å². The zero-order chi connectivity index (χ0) is 17.8. The topological polar surface area (TPSA) is 58.6 Å². The van der Waals surface area contributed by atoms with E-state index in [0.717, 1.165) is 24.2 Å². The molecule has 0 unspecified atom stereocenters. The van der Waals surface area contributed by atoms with Crippen LogP contribution in [0.15, 0.2) is 48.5 Å². The van der Waals surface area contributed by atoms with Crippen molar-refractivity contribution in [2.75, 3.05) is 16.8 Å². The van der Waals surface area contributed by atoms with Crippen LogP contribution in [-0.2, 0) is 9.59 Å². The third kappa shape index (κ3) is 4.18. The summed E-state index contributed by atoms with van der Waals surface area (Å²) in [5, 5.41) is 2.85. The molecule has 130 valence electrons. The van der Waals surface area contributed by atoms with E-state index >= 15 is 0 Å². The van der Waals surface area contributed by atoms with Crippen molar-refractivity contribution in [3.63, 3.8) is 0 Å². The van der Waals surface area contributed by atoms with Crippen molar-refractivity contribution in [2.24, 2.45) is 0 Å². The Bertz CT molecular complexity index is 771. The Balaban J connectivity index is 1.64. The molecule has 1 aliphatic rings. The first-order valence-corrected chi connectivity index (χ1v) is 8.47. The fourth-order valence-electron chi connectivity index (χ4n) is 2.79. The second-order valence-corrected chi connectivity index (χ2v) is 6.26. The lowest BCUT2D eigenvalue weighted by molar-refractivity contribution is -0.122. The summed E-state index contributed by atoms with van der Waals surface area (Å²) in [6, 6.07) is 14.9. The summed E-state index contributed by atoms with van der Waals surface area (Å²) < 4.78 is 5.67. The number of aryl methyl sites for hydroxylation is 1. The lowest BCUT2D eigenvalue weighted by Gasteiger charge is -2.18. The highest BCUT2D eigenvalue weighted by molar-refractivity contribution is 5.97. The van der Waals surface area contributed by atoms with E-state index in [0.29, 0.717) is 17.9 Å². The van der Waals surface area contributed by atoms with Crippen LogP contribution in [-0.4, -0.2) is 24.5 Å². The van der Waals surface area contributed by atoms with Crippen molar-refractivity contribution in [3.05, 3.63) is 54.1 Å². The Hall–Kier alpha value is -2.82. The van der Waals surface area contributed by atoms with Gasteiger partial charge in [0.05, 0.1) is 0 Å². The second kappa shape index (κ2) is 7.38. The molecule has 0 radical (unpaired) electrons. The Kier molecular flexibility index (Phi) is 5.03. The summed E-state index contributed by atoms with van der Waals surface area (Å²) in [6.07, 6.45) is 0.828. The molecule has 0 spiro atoms. The zero-order valence-corrected chi connectivity index (χ0v) is 14.5. The molecule has 1 atom stereocenters. The minimum absolute atomic E-state index is 0.125. The number of ether oxygens (including phenoxy) is 1. The van der Waals surface area contributed by atoms with Crippen molar-refractivity contribution >= 4 is 23.2 Å². The molecule has 1 N–H and O–H groups in total. The Morgan fingerprint density at radius 1 is 1.20 bits per heavy atom. The van der Waals surface area contributed by atoms with Gasteiger partial charge in [-0.15, -0.1) is 0 Å². The van der Waals surface area contributed by atoms with Gasteiger partial charge < -0.3 is 15.0 Å². The van der Waals surface area contributed by atoms with Gasteiger partial charge in [0.25, 0.3) is 5.91 Å². The summed E-state index contributed by atoms with van der Waals surface area (Å²) in [5.41, 5.74) is 2.60. The first-order valence-electron chi connectivity index (χ1n) is 8.47. The van der Waals surface area contributed by atoms with Crippen LogP contribution in [0, 0.1) is 6.92 Å². The van der Waals surface area contributed by atoms with Crippen LogP contribution in [0.2, 0.25) is 0 Å². The van der Waals surface area contributed by atoms with Gasteiger partial charge in [-0.3, -0.25) is 9.59 Å². The number of carbonyl (C=O) groups excluding carboxylic acids is 2. The van der Waals surface area contributed by atoms with E-state index in [1.165, 1.54) is 0 Å². The molecule has 25 heavy (non-hydrogen) atoms. The molecule has 0 aromatic heterocycles. The van der Waals surface area contributed by atoms with Crippen molar-refractivity contribution in [2.45, 2.75) is 32.8 Å². The summed E-state index contributed by atoms with van der Waals surface area (Å²) in [7, 11) is 0. The van der Waals surface area contributed by atoms with Crippen LogP contribution < -0.4 is 15.0 Å². The van der Waals surface area contributed by atoms with Crippen molar-refractivity contribution in [1.82, 2.24) is 0 Å². The number of nitrogens with one attached hydrogen (secondary N) is 1. The van der Waals surface area contributed by atoms with E-state index in [2.05, 4.69) is 5.32 Å². The summed E-state index contributed by atoms with van der Waals surface area (Å²) in [5.74, 6) is 0.551. The van der Waals surface area contributed by atoms with E-state index in [4.69, 9.17) is 4.74 Å². The van der Waals surface area contributed by atoms with Crippen LogP contribution in [0.3, 0.4) is 0 Å². The lowest BCUT2D eigenvalue weighted by Crippen LogP contribution is -2.30. The van der Waals surface area contributed by atoms with Gasteiger partial charge in [-0.2, -0.15) is 0 Å². The number of hydrogen-bond donors (Lipinski definition) is 1. The van der Waals surface area contributed by atoms with E-state index in [1.54, 1.807) is 17.9 Å². The molecule has 2 amide bonds. The van der Waals surface area contributed by atoms with Gasteiger partial charge >= 0.3 is 0 Å². The Labute approximate surface area is 147 Å². The van der Waals surface area contributed by atoms with Crippen molar-refractivity contribution in [3.8, 4) is 5.75 Å². The minimum Gasteiger partial charge on any atom is -0.481 e. The van der Waals surface area contributed by atoms with Crippen molar-refractivity contribution in [1.29, 1.82) is 0 Å². The highest BCUT2D eigenvalue weighted by Crippen LogP contribution is 2.24. The molecule has 1 heterocycles. The van der Waals surface area contributed by atoms with Gasteiger partial charge in [-0.25, -0.2) is 0 Å². The largest absolute Gasteiger partial charge is 0.481 e. The average molecular weight is 338 g/mol. The average Bonchev–Trinajstić information content (AvgIpc) is 3.03. The molecule has 5 nitrogen and oxygen atoms in total. The number of benzene rings is 2. The quantitative estimate of drug-likeness (QED) is 0.907. The molecule has 1 aliphatic heterocycles. The van der Waals surface area contributed by atoms with Gasteiger partial charge in [0.15, 0.2) is 6.10 Å². The smallest absolute Gasteiger partial charge is 0.265 e. The van der Waals surface area contributed by atoms with Gasteiger partial charge in [-0.1, -0.05) is 23.8 Å². The van der Waals surface area contributed by atoms with Gasteiger partial charge in [-0.05, 0) is 50.6 Å². The number of anilines is 2. The van der Waals surface area contributed by atoms with Crippen molar-refractivity contribution < 1.29 is 14.3 Å². The zero-order valence-electron chi connectivity index (χ0n) is 14.5. The molecular weight excluding hydrogens is 316 g/mol. The van der Waals surface area contributed by atoms with Gasteiger partial charge in [0, 0.05) is 24.3 Å². The Morgan fingerprint density at radius 3 is 2.64 bits per heavy atom. The van der Waals surface area contributed by atoms with Crippen LogP contribution in [0.4, 0.5) is 11.4 Å². The molecule has 5 heteroatoms. The maximum Gasteiger partial charge on any atom is 0.265 e. The number of hydrogen-bond acceptors (Lipinski definition) is 3. The van der Waals surface area contributed by atoms with Gasteiger partial charge in [0.1, 0.15) is 5.75 Å². The molecular formula is C20H22N2O3. The summed E-state index contributed by atoms with van der Waals surface area (Å²) in [6.45, 7) is 4.43. The molecule has 2 aromatic rings. The molecule has 1 fully saturated rings. The fourth-order valence-corrected chi connectivity index (χ4v) is 2.79. The summed E-state index contributed by atoms with van der Waals surface area (Å²) in [4.78, 5) is 26.0. The lowest BCUT2D eigenvalue weighted by atomic mass is 10.2. The maximum absolute atomic E-state index is 12.4. The first kappa shape index (κ1) is 17.0. The third-order valence-corrected chi connectivity index (χ3v) is 4.20. The fraction of sp³-hybridized carbons (Fsp3) is 0.300. The van der Waals surface area contributed by atoms with E-state index in [9.17, 15) is 9.59 Å². The number of carbonyl (C=O) groups is 2. The molecule has 1 saturated heterocycles. The molecule has 0 bridgehead atoms. The van der Waals surface area contributed by atoms with Crippen LogP contribution in [0.5, 0.6) is 5.75 Å². The van der Waals surface area contributed by atoms with Crippen LogP contribution >= 0.6 is 0 Å². The predicted molar refractivity (Wildman–Crippen MR) is 97.9 cm³/mol. The SMILES string of the molecule is Cc1ccc(O[C@H](C)C(=O)Nc2cccc(N3CCCC3=O)c2)cc1. The predicted octanol–water partition coefficient (Wildman–Crippen LogP) is 3.53. The second-order valence-electron chi connectivity index (χ2n) is 6.26. The van der Waals surface area contributed by atoms with Crippen LogP contribution in [0.1, 0.15) is 25.3 Å². The minimum atomic E-state index is -0.625. The highest BCUT2D eigenvalue weighted by atomic mass is 16.5.